The van der Waals surface area contributed by atoms with Gasteiger partial charge < -0.3 is 20.1 Å². The topological polar surface area (TPSA) is 61.8 Å². The smallest absolute Gasteiger partial charge is 0.338 e. The minimum absolute atomic E-state index is 0.197. The average Bonchev–Trinajstić information content (AvgIpc) is 2.46. The molecular weight excluding hydrogens is 268 g/mol. The van der Waals surface area contributed by atoms with E-state index in [-0.39, 0.29) is 6.54 Å². The molecule has 5 nitrogen and oxygen atoms in total. The first-order valence-corrected chi connectivity index (χ1v) is 7.19. The molecular formula is C16H26N2O3. The number of ether oxygens (including phenoxy) is 1. The lowest BCUT2D eigenvalue weighted by molar-refractivity contribution is -0.159. The molecule has 0 fully saturated rings. The fraction of sp³-hybridized carbons (Fsp3) is 0.562. The van der Waals surface area contributed by atoms with E-state index in [1.807, 2.05) is 18.2 Å². The van der Waals surface area contributed by atoms with Crippen LogP contribution in [0.2, 0.25) is 0 Å². The lowest BCUT2D eigenvalue weighted by Gasteiger charge is -2.21. The molecule has 0 amide bonds. The van der Waals surface area contributed by atoms with Crippen LogP contribution in [0.15, 0.2) is 30.3 Å². The van der Waals surface area contributed by atoms with E-state index in [1.165, 1.54) is 19.6 Å². The first kappa shape index (κ1) is 17.6. The van der Waals surface area contributed by atoms with Gasteiger partial charge in [-0.1, -0.05) is 30.3 Å². The van der Waals surface area contributed by atoms with Crippen molar-refractivity contribution in [2.24, 2.45) is 0 Å². The molecule has 0 radical (unpaired) electrons. The molecule has 2 N–H and O–H groups in total. The number of aliphatic hydroxyl groups is 1. The maximum Gasteiger partial charge on any atom is 0.338 e. The van der Waals surface area contributed by atoms with Crippen molar-refractivity contribution in [3.63, 3.8) is 0 Å². The van der Waals surface area contributed by atoms with E-state index in [0.29, 0.717) is 0 Å². The van der Waals surface area contributed by atoms with Gasteiger partial charge in [-0.25, -0.2) is 4.79 Å². The highest BCUT2D eigenvalue weighted by atomic mass is 16.5. The summed E-state index contributed by atoms with van der Waals surface area (Å²) in [6.45, 7) is 4.25. The van der Waals surface area contributed by atoms with Gasteiger partial charge in [0.05, 0.1) is 7.11 Å². The number of nitrogens with zero attached hydrogens (tertiary/aromatic N) is 1. The van der Waals surface area contributed by atoms with Gasteiger partial charge in [0.1, 0.15) is 0 Å². The van der Waals surface area contributed by atoms with Crippen LogP contribution in [0.1, 0.15) is 18.9 Å². The maximum absolute atomic E-state index is 11.3. The molecule has 1 rings (SSSR count). The van der Waals surface area contributed by atoms with Crippen molar-refractivity contribution in [1.29, 1.82) is 0 Å². The third-order valence-corrected chi connectivity index (χ3v) is 3.28. The lowest BCUT2D eigenvalue weighted by atomic mass is 10.1. The number of hydrogen-bond acceptors (Lipinski definition) is 5. The van der Waals surface area contributed by atoms with Crippen LogP contribution in [-0.2, 0) is 16.1 Å². The van der Waals surface area contributed by atoms with Crippen molar-refractivity contribution >= 4 is 5.97 Å². The number of hydrogen-bond donors (Lipinski definition) is 2. The summed E-state index contributed by atoms with van der Waals surface area (Å²) in [7, 11) is 3.35. The van der Waals surface area contributed by atoms with Crippen LogP contribution in [0.3, 0.4) is 0 Å². The number of carbonyl (C=O) groups is 1. The molecule has 5 heteroatoms. The summed E-state index contributed by atoms with van der Waals surface area (Å²) < 4.78 is 4.54. The largest absolute Gasteiger partial charge is 0.467 e. The van der Waals surface area contributed by atoms with E-state index in [2.05, 4.69) is 34.1 Å². The van der Waals surface area contributed by atoms with E-state index in [9.17, 15) is 9.90 Å². The van der Waals surface area contributed by atoms with E-state index < -0.39 is 11.6 Å². The molecule has 1 atom stereocenters. The summed E-state index contributed by atoms with van der Waals surface area (Å²) in [4.78, 5) is 13.5. The molecule has 0 saturated carbocycles. The van der Waals surface area contributed by atoms with Gasteiger partial charge in [-0.3, -0.25) is 0 Å². The summed E-state index contributed by atoms with van der Waals surface area (Å²) in [5, 5.41) is 12.9. The second-order valence-corrected chi connectivity index (χ2v) is 5.52. The van der Waals surface area contributed by atoms with Gasteiger partial charge >= 0.3 is 5.97 Å². The highest BCUT2D eigenvalue weighted by Gasteiger charge is 2.30. The lowest BCUT2D eigenvalue weighted by Crippen LogP contribution is -2.46. The number of carbonyl (C=O) groups excluding carboxylic acids is 1. The Labute approximate surface area is 126 Å². The Hall–Kier alpha value is -1.43. The molecule has 21 heavy (non-hydrogen) atoms. The Morgan fingerprint density at radius 2 is 2.05 bits per heavy atom. The average molecular weight is 294 g/mol. The first-order chi connectivity index (χ1) is 9.95. The first-order valence-electron chi connectivity index (χ1n) is 7.19. The number of rotatable bonds is 9. The third-order valence-electron chi connectivity index (χ3n) is 3.28. The van der Waals surface area contributed by atoms with Crippen molar-refractivity contribution in [2.45, 2.75) is 25.5 Å². The van der Waals surface area contributed by atoms with Crippen molar-refractivity contribution in [3.8, 4) is 0 Å². The molecule has 0 aliphatic heterocycles. The summed E-state index contributed by atoms with van der Waals surface area (Å²) in [6, 6.07) is 10.3. The minimum Gasteiger partial charge on any atom is -0.467 e. The quantitative estimate of drug-likeness (QED) is 0.526. The fourth-order valence-corrected chi connectivity index (χ4v) is 2.07. The Kier molecular flexibility index (Phi) is 7.36. The Bertz CT molecular complexity index is 421. The van der Waals surface area contributed by atoms with Crippen LogP contribution in [0.25, 0.3) is 0 Å². The number of nitrogens with one attached hydrogen (secondary N) is 1. The monoisotopic (exact) mass is 294 g/mol. The molecule has 0 aliphatic carbocycles. The van der Waals surface area contributed by atoms with Crippen LogP contribution >= 0.6 is 0 Å². The number of methoxy groups -OCH3 is 1. The highest BCUT2D eigenvalue weighted by molar-refractivity contribution is 5.78. The van der Waals surface area contributed by atoms with Crippen molar-refractivity contribution in [3.05, 3.63) is 35.9 Å². The minimum atomic E-state index is -1.47. The molecule has 0 aliphatic rings. The molecule has 0 bridgehead atoms. The Morgan fingerprint density at radius 1 is 1.38 bits per heavy atom. The van der Waals surface area contributed by atoms with Crippen molar-refractivity contribution < 1.29 is 14.6 Å². The molecule has 1 unspecified atom stereocenters. The number of benzene rings is 1. The van der Waals surface area contributed by atoms with Crippen molar-refractivity contribution in [1.82, 2.24) is 10.2 Å². The summed E-state index contributed by atoms with van der Waals surface area (Å²) in [6.07, 6.45) is 0.945. The normalized spacial score (nSPS) is 14.0. The standard InChI is InChI=1S/C16H26N2O3/c1-16(20,15(19)21-3)13-17-10-7-11-18(2)12-14-8-5-4-6-9-14/h4-6,8-9,17,20H,7,10-13H2,1-3H3. The molecule has 118 valence electrons. The van der Waals surface area contributed by atoms with Gasteiger partial charge in [0, 0.05) is 13.1 Å². The second-order valence-electron chi connectivity index (χ2n) is 5.52. The molecule has 0 heterocycles. The van der Waals surface area contributed by atoms with Gasteiger partial charge in [-0.15, -0.1) is 0 Å². The zero-order valence-corrected chi connectivity index (χ0v) is 13.1. The summed E-state index contributed by atoms with van der Waals surface area (Å²) >= 11 is 0. The van der Waals surface area contributed by atoms with E-state index in [4.69, 9.17) is 0 Å². The predicted molar refractivity (Wildman–Crippen MR) is 82.9 cm³/mol. The van der Waals surface area contributed by atoms with Crippen LogP contribution in [0.5, 0.6) is 0 Å². The molecule has 1 aromatic rings. The van der Waals surface area contributed by atoms with E-state index in [1.54, 1.807) is 0 Å². The van der Waals surface area contributed by atoms with Crippen LogP contribution in [0, 0.1) is 0 Å². The Balaban J connectivity index is 2.15. The van der Waals surface area contributed by atoms with Gasteiger partial charge in [-0.2, -0.15) is 0 Å². The molecule has 1 aromatic carbocycles. The second kappa shape index (κ2) is 8.77. The van der Waals surface area contributed by atoms with Crippen LogP contribution < -0.4 is 5.32 Å². The zero-order valence-electron chi connectivity index (χ0n) is 13.1. The van der Waals surface area contributed by atoms with Gasteiger partial charge in [0.2, 0.25) is 0 Å². The summed E-state index contributed by atoms with van der Waals surface area (Å²) in [5.41, 5.74) is -0.174. The van der Waals surface area contributed by atoms with Gasteiger partial charge in [0.25, 0.3) is 0 Å². The zero-order chi connectivity index (χ0) is 15.7. The van der Waals surface area contributed by atoms with E-state index >= 15 is 0 Å². The van der Waals surface area contributed by atoms with Crippen molar-refractivity contribution in [2.75, 3.05) is 33.8 Å². The predicted octanol–water partition coefficient (Wildman–Crippen LogP) is 1.02. The highest BCUT2D eigenvalue weighted by Crippen LogP contribution is 2.04. The summed E-state index contributed by atoms with van der Waals surface area (Å²) in [5.74, 6) is -0.615. The van der Waals surface area contributed by atoms with Crippen LogP contribution in [-0.4, -0.2) is 55.4 Å². The molecule has 0 saturated heterocycles. The van der Waals surface area contributed by atoms with Crippen LogP contribution in [0.4, 0.5) is 0 Å². The van der Waals surface area contributed by atoms with E-state index in [0.717, 1.165) is 26.1 Å². The van der Waals surface area contributed by atoms with Gasteiger partial charge in [0.15, 0.2) is 5.60 Å². The Morgan fingerprint density at radius 3 is 2.67 bits per heavy atom. The molecule has 0 spiro atoms. The molecule has 0 aromatic heterocycles. The third kappa shape index (κ3) is 6.71. The fourth-order valence-electron chi connectivity index (χ4n) is 2.07. The van der Waals surface area contributed by atoms with Gasteiger partial charge in [-0.05, 0) is 39.0 Å². The number of esters is 1. The SMILES string of the molecule is COC(=O)C(C)(O)CNCCCN(C)Cc1ccccc1. The maximum atomic E-state index is 11.3.